The highest BCUT2D eigenvalue weighted by Crippen LogP contribution is 2.17. The van der Waals surface area contributed by atoms with E-state index in [4.69, 9.17) is 0 Å². The van der Waals surface area contributed by atoms with E-state index in [-0.39, 0.29) is 5.91 Å². The molecular weight excluding hydrogens is 274 g/mol. The number of nitrogens with zero attached hydrogens (tertiary/aromatic N) is 3. The van der Waals surface area contributed by atoms with Gasteiger partial charge in [-0.25, -0.2) is 4.98 Å². The van der Waals surface area contributed by atoms with Crippen LogP contribution in [0.2, 0.25) is 0 Å². The third-order valence-electron chi connectivity index (χ3n) is 2.57. The minimum atomic E-state index is -0.203. The molecule has 0 fully saturated rings. The van der Waals surface area contributed by atoms with Crippen molar-refractivity contribution < 1.29 is 4.79 Å². The molecule has 0 aliphatic carbocycles. The summed E-state index contributed by atoms with van der Waals surface area (Å²) in [7, 11) is 0. The number of hydrogen-bond acceptors (Lipinski definition) is 6. The van der Waals surface area contributed by atoms with Crippen LogP contribution < -0.4 is 10.6 Å². The van der Waals surface area contributed by atoms with Crippen molar-refractivity contribution in [2.24, 2.45) is 0 Å². The molecular formula is C13H17N5OS. The molecule has 0 aromatic carbocycles. The number of rotatable bonds is 6. The molecule has 2 rings (SSSR count). The largest absolute Gasteiger partial charge is 0.370 e. The first-order chi connectivity index (χ1) is 9.72. The first-order valence-electron chi connectivity index (χ1n) is 6.56. The highest BCUT2D eigenvalue weighted by atomic mass is 32.1. The number of carbonyl (C=O) groups excluding carboxylic acids is 1. The SMILES string of the molecule is CCCNc1cc(C(=O)Nc2nnc(CC)s2)ccn1. The van der Waals surface area contributed by atoms with Crippen molar-refractivity contribution in [1.29, 1.82) is 0 Å². The van der Waals surface area contributed by atoms with Crippen LogP contribution in [0.15, 0.2) is 18.3 Å². The number of amides is 1. The van der Waals surface area contributed by atoms with Gasteiger partial charge in [0.25, 0.3) is 5.91 Å². The Hall–Kier alpha value is -2.02. The summed E-state index contributed by atoms with van der Waals surface area (Å²) in [5.41, 5.74) is 0.548. The highest BCUT2D eigenvalue weighted by molar-refractivity contribution is 7.15. The molecule has 6 nitrogen and oxygen atoms in total. The lowest BCUT2D eigenvalue weighted by molar-refractivity contribution is 0.102. The molecule has 7 heteroatoms. The fourth-order valence-corrected chi connectivity index (χ4v) is 2.21. The van der Waals surface area contributed by atoms with E-state index in [1.807, 2.05) is 6.92 Å². The van der Waals surface area contributed by atoms with Crippen LogP contribution in [0.4, 0.5) is 10.9 Å². The molecule has 0 radical (unpaired) electrons. The Morgan fingerprint density at radius 1 is 1.35 bits per heavy atom. The summed E-state index contributed by atoms with van der Waals surface area (Å²) < 4.78 is 0. The number of hydrogen-bond donors (Lipinski definition) is 2. The molecule has 106 valence electrons. The highest BCUT2D eigenvalue weighted by Gasteiger charge is 2.10. The van der Waals surface area contributed by atoms with Gasteiger partial charge >= 0.3 is 0 Å². The lowest BCUT2D eigenvalue weighted by Crippen LogP contribution is -2.12. The van der Waals surface area contributed by atoms with E-state index in [1.54, 1.807) is 18.3 Å². The van der Waals surface area contributed by atoms with E-state index in [0.29, 0.717) is 16.5 Å². The van der Waals surface area contributed by atoms with Gasteiger partial charge in [-0.1, -0.05) is 25.2 Å². The lowest BCUT2D eigenvalue weighted by Gasteiger charge is -2.05. The minimum absolute atomic E-state index is 0.203. The van der Waals surface area contributed by atoms with E-state index in [0.717, 1.165) is 24.4 Å². The number of nitrogens with one attached hydrogen (secondary N) is 2. The molecule has 0 atom stereocenters. The average molecular weight is 291 g/mol. The van der Waals surface area contributed by atoms with Crippen LogP contribution in [0.1, 0.15) is 35.6 Å². The number of carbonyl (C=O) groups is 1. The van der Waals surface area contributed by atoms with Crippen molar-refractivity contribution in [3.63, 3.8) is 0 Å². The molecule has 0 spiro atoms. The Kier molecular flexibility index (Phi) is 5.00. The van der Waals surface area contributed by atoms with E-state index in [2.05, 4.69) is 32.7 Å². The fourth-order valence-electron chi connectivity index (χ4n) is 1.54. The summed E-state index contributed by atoms with van der Waals surface area (Å²) in [6.07, 6.45) is 3.43. The van der Waals surface area contributed by atoms with Crippen molar-refractivity contribution >= 4 is 28.2 Å². The Morgan fingerprint density at radius 2 is 2.20 bits per heavy atom. The second-order valence-electron chi connectivity index (χ2n) is 4.17. The zero-order valence-corrected chi connectivity index (χ0v) is 12.3. The predicted octanol–water partition coefficient (Wildman–Crippen LogP) is 2.57. The van der Waals surface area contributed by atoms with Gasteiger partial charge in [-0.3, -0.25) is 10.1 Å². The molecule has 2 aromatic heterocycles. The van der Waals surface area contributed by atoms with Crippen molar-refractivity contribution in [1.82, 2.24) is 15.2 Å². The summed E-state index contributed by atoms with van der Waals surface area (Å²) in [6, 6.07) is 3.40. The minimum Gasteiger partial charge on any atom is -0.370 e. The van der Waals surface area contributed by atoms with Gasteiger partial charge in [0, 0.05) is 18.3 Å². The van der Waals surface area contributed by atoms with Crippen LogP contribution in [0.3, 0.4) is 0 Å². The van der Waals surface area contributed by atoms with Crippen molar-refractivity contribution in [2.75, 3.05) is 17.2 Å². The third kappa shape index (κ3) is 3.74. The topological polar surface area (TPSA) is 79.8 Å². The van der Waals surface area contributed by atoms with E-state index in [9.17, 15) is 4.79 Å². The van der Waals surface area contributed by atoms with Gasteiger partial charge in [-0.15, -0.1) is 10.2 Å². The monoisotopic (exact) mass is 291 g/mol. The van der Waals surface area contributed by atoms with Crippen LogP contribution in [-0.4, -0.2) is 27.6 Å². The molecule has 2 N–H and O–H groups in total. The maximum atomic E-state index is 12.1. The molecule has 20 heavy (non-hydrogen) atoms. The maximum absolute atomic E-state index is 12.1. The number of anilines is 2. The van der Waals surface area contributed by atoms with Gasteiger partial charge in [-0.05, 0) is 25.0 Å². The van der Waals surface area contributed by atoms with Gasteiger partial charge in [0.05, 0.1) is 0 Å². The number of aromatic nitrogens is 3. The van der Waals surface area contributed by atoms with Crippen LogP contribution in [0, 0.1) is 0 Å². The van der Waals surface area contributed by atoms with Crippen LogP contribution >= 0.6 is 11.3 Å². The Bertz CT molecular complexity index is 584. The van der Waals surface area contributed by atoms with Gasteiger partial charge in [0.1, 0.15) is 10.8 Å². The predicted molar refractivity (Wildman–Crippen MR) is 80.3 cm³/mol. The van der Waals surface area contributed by atoms with Crippen molar-refractivity contribution in [2.45, 2.75) is 26.7 Å². The molecule has 0 aliphatic heterocycles. The summed E-state index contributed by atoms with van der Waals surface area (Å²) in [5, 5.41) is 15.2. The molecule has 2 heterocycles. The average Bonchev–Trinajstić information content (AvgIpc) is 2.93. The standard InChI is InChI=1S/C13H17N5OS/c1-3-6-14-10-8-9(5-7-15-10)12(19)16-13-18-17-11(4-2)20-13/h5,7-8H,3-4,6H2,1-2H3,(H,14,15)(H,16,18,19). The molecule has 0 bridgehead atoms. The third-order valence-corrected chi connectivity index (χ3v) is 3.55. The van der Waals surface area contributed by atoms with Crippen LogP contribution in [0.25, 0.3) is 0 Å². The normalized spacial score (nSPS) is 10.3. The molecule has 0 unspecified atom stereocenters. The molecule has 0 saturated carbocycles. The second kappa shape index (κ2) is 6.95. The molecule has 2 aromatic rings. The lowest BCUT2D eigenvalue weighted by atomic mass is 10.2. The van der Waals surface area contributed by atoms with Crippen LogP contribution in [0.5, 0.6) is 0 Å². The van der Waals surface area contributed by atoms with Gasteiger partial charge in [0.2, 0.25) is 5.13 Å². The zero-order valence-electron chi connectivity index (χ0n) is 11.5. The molecule has 1 amide bonds. The summed E-state index contributed by atoms with van der Waals surface area (Å²) in [5.74, 6) is 0.497. The number of aryl methyl sites for hydroxylation is 1. The first kappa shape index (κ1) is 14.4. The Balaban J connectivity index is 2.04. The summed E-state index contributed by atoms with van der Waals surface area (Å²) in [6.45, 7) is 4.90. The van der Waals surface area contributed by atoms with Gasteiger partial charge in [-0.2, -0.15) is 0 Å². The maximum Gasteiger partial charge on any atom is 0.257 e. The van der Waals surface area contributed by atoms with E-state index >= 15 is 0 Å². The van der Waals surface area contributed by atoms with Crippen LogP contribution in [-0.2, 0) is 6.42 Å². The quantitative estimate of drug-likeness (QED) is 0.855. The second-order valence-corrected chi connectivity index (χ2v) is 5.23. The summed E-state index contributed by atoms with van der Waals surface area (Å²) in [4.78, 5) is 16.3. The zero-order chi connectivity index (χ0) is 14.4. The van der Waals surface area contributed by atoms with Crippen molar-refractivity contribution in [3.8, 4) is 0 Å². The van der Waals surface area contributed by atoms with Crippen molar-refractivity contribution in [3.05, 3.63) is 28.9 Å². The smallest absolute Gasteiger partial charge is 0.257 e. The summed E-state index contributed by atoms with van der Waals surface area (Å²) >= 11 is 1.39. The fraction of sp³-hybridized carbons (Fsp3) is 0.385. The Morgan fingerprint density at radius 3 is 2.90 bits per heavy atom. The number of pyridine rings is 1. The molecule has 0 saturated heterocycles. The van der Waals surface area contributed by atoms with E-state index in [1.165, 1.54) is 11.3 Å². The molecule has 0 aliphatic rings. The Labute approximate surface area is 121 Å². The first-order valence-corrected chi connectivity index (χ1v) is 7.38. The van der Waals surface area contributed by atoms with Gasteiger partial charge < -0.3 is 5.32 Å². The van der Waals surface area contributed by atoms with E-state index < -0.39 is 0 Å². The van der Waals surface area contributed by atoms with Gasteiger partial charge in [0.15, 0.2) is 0 Å².